The molecule has 84 valence electrons. The first-order valence-corrected chi connectivity index (χ1v) is 5.20. The highest BCUT2D eigenvalue weighted by Gasteiger charge is 2.08. The fourth-order valence-electron chi connectivity index (χ4n) is 1.26. The Morgan fingerprint density at radius 2 is 2.38 bits per heavy atom. The average molecular weight is 219 g/mol. The smallest absolute Gasteiger partial charge is 0.228 e. The third kappa shape index (κ3) is 2.60. The van der Waals surface area contributed by atoms with Crippen molar-refractivity contribution in [2.24, 2.45) is 0 Å². The van der Waals surface area contributed by atoms with Crippen molar-refractivity contribution in [3.05, 3.63) is 24.5 Å². The van der Waals surface area contributed by atoms with Crippen LogP contribution in [0.15, 0.2) is 23.1 Å². The number of likely N-dealkylation sites (N-methyl/N-ethyl adjacent to an activating group) is 1. The normalized spacial score (nSPS) is 10.6. The molecule has 0 saturated heterocycles. The van der Waals surface area contributed by atoms with Crippen molar-refractivity contribution in [1.82, 2.24) is 25.4 Å². The van der Waals surface area contributed by atoms with Crippen molar-refractivity contribution in [3.8, 4) is 11.5 Å². The van der Waals surface area contributed by atoms with Crippen molar-refractivity contribution in [3.63, 3.8) is 0 Å². The predicted molar refractivity (Wildman–Crippen MR) is 57.6 cm³/mol. The highest BCUT2D eigenvalue weighted by atomic mass is 16.5. The fraction of sp³-hybridized carbons (Fsp3) is 0.400. The lowest BCUT2D eigenvalue weighted by atomic mass is 10.4. The molecule has 0 bridgehead atoms. The summed E-state index contributed by atoms with van der Waals surface area (Å²) in [6.07, 6.45) is 3.84. The molecule has 16 heavy (non-hydrogen) atoms. The standard InChI is InChI=1S/C10H13N5O/c1-2-11-6-4-9-14-10(15-16-9)8-3-5-12-7-13-8/h3,5,7,11H,2,4,6H2,1H3. The summed E-state index contributed by atoms with van der Waals surface area (Å²) < 4.78 is 5.10. The van der Waals surface area contributed by atoms with E-state index in [-0.39, 0.29) is 0 Å². The molecule has 0 unspecified atom stereocenters. The van der Waals surface area contributed by atoms with Crippen molar-refractivity contribution >= 4 is 0 Å². The molecule has 6 nitrogen and oxygen atoms in total. The molecule has 0 radical (unpaired) electrons. The van der Waals surface area contributed by atoms with E-state index in [9.17, 15) is 0 Å². The summed E-state index contributed by atoms with van der Waals surface area (Å²) >= 11 is 0. The Labute approximate surface area is 93.1 Å². The van der Waals surface area contributed by atoms with Crippen LogP contribution in [0.1, 0.15) is 12.8 Å². The van der Waals surface area contributed by atoms with Gasteiger partial charge in [-0.1, -0.05) is 12.1 Å². The molecular formula is C10H13N5O. The number of hydrogen-bond acceptors (Lipinski definition) is 6. The van der Waals surface area contributed by atoms with Crippen LogP contribution in [0.5, 0.6) is 0 Å². The van der Waals surface area contributed by atoms with Crippen LogP contribution in [-0.4, -0.2) is 33.2 Å². The maximum absolute atomic E-state index is 5.10. The number of aromatic nitrogens is 4. The number of nitrogens with zero attached hydrogens (tertiary/aromatic N) is 4. The molecular weight excluding hydrogens is 206 g/mol. The second kappa shape index (κ2) is 5.32. The van der Waals surface area contributed by atoms with Gasteiger partial charge in [-0.2, -0.15) is 4.98 Å². The Kier molecular flexibility index (Phi) is 3.55. The van der Waals surface area contributed by atoms with Crippen molar-refractivity contribution in [2.75, 3.05) is 13.1 Å². The van der Waals surface area contributed by atoms with E-state index in [1.54, 1.807) is 12.3 Å². The Morgan fingerprint density at radius 1 is 1.44 bits per heavy atom. The van der Waals surface area contributed by atoms with Gasteiger partial charge in [0.1, 0.15) is 12.0 Å². The second-order valence-electron chi connectivity index (χ2n) is 3.21. The van der Waals surface area contributed by atoms with Crippen molar-refractivity contribution < 1.29 is 4.52 Å². The molecule has 6 heteroatoms. The van der Waals surface area contributed by atoms with Gasteiger partial charge in [-0.3, -0.25) is 0 Å². The van der Waals surface area contributed by atoms with Gasteiger partial charge in [0.2, 0.25) is 11.7 Å². The van der Waals surface area contributed by atoms with E-state index < -0.39 is 0 Å². The lowest BCUT2D eigenvalue weighted by Crippen LogP contribution is -2.16. The van der Waals surface area contributed by atoms with E-state index in [2.05, 4.69) is 32.3 Å². The maximum atomic E-state index is 5.10. The lowest BCUT2D eigenvalue weighted by molar-refractivity contribution is 0.376. The van der Waals surface area contributed by atoms with Crippen LogP contribution in [0.2, 0.25) is 0 Å². The van der Waals surface area contributed by atoms with Crippen LogP contribution < -0.4 is 5.32 Å². The van der Waals surface area contributed by atoms with Gasteiger partial charge in [0.25, 0.3) is 0 Å². The quantitative estimate of drug-likeness (QED) is 0.745. The van der Waals surface area contributed by atoms with E-state index in [1.807, 2.05) is 0 Å². The summed E-state index contributed by atoms with van der Waals surface area (Å²) in [5.41, 5.74) is 0.674. The monoisotopic (exact) mass is 219 g/mol. The van der Waals surface area contributed by atoms with Gasteiger partial charge in [-0.05, 0) is 12.6 Å². The zero-order chi connectivity index (χ0) is 11.2. The minimum Gasteiger partial charge on any atom is -0.339 e. The van der Waals surface area contributed by atoms with E-state index >= 15 is 0 Å². The first kappa shape index (κ1) is 10.7. The third-order valence-corrected chi connectivity index (χ3v) is 2.04. The molecule has 1 N–H and O–H groups in total. The topological polar surface area (TPSA) is 76.7 Å². The molecule has 2 aromatic rings. The van der Waals surface area contributed by atoms with Gasteiger partial charge in [0.05, 0.1) is 0 Å². The Hall–Kier alpha value is -1.82. The molecule has 2 aromatic heterocycles. The van der Waals surface area contributed by atoms with Gasteiger partial charge in [-0.25, -0.2) is 9.97 Å². The number of rotatable bonds is 5. The average Bonchev–Trinajstić information content (AvgIpc) is 2.79. The Balaban J connectivity index is 2.02. The molecule has 0 saturated carbocycles. The first-order chi connectivity index (χ1) is 7.90. The van der Waals surface area contributed by atoms with Gasteiger partial charge in [0, 0.05) is 19.2 Å². The van der Waals surface area contributed by atoms with E-state index in [0.29, 0.717) is 17.4 Å². The minimum absolute atomic E-state index is 0.508. The summed E-state index contributed by atoms with van der Waals surface area (Å²) in [6, 6.07) is 1.75. The predicted octanol–water partition coefficient (Wildman–Crippen LogP) is 0.679. The highest BCUT2D eigenvalue weighted by molar-refractivity contribution is 5.46. The van der Waals surface area contributed by atoms with Crippen LogP contribution in [0.3, 0.4) is 0 Å². The molecule has 0 aliphatic rings. The number of nitrogens with one attached hydrogen (secondary N) is 1. The van der Waals surface area contributed by atoms with Crippen LogP contribution in [0, 0.1) is 0 Å². The minimum atomic E-state index is 0.508. The van der Waals surface area contributed by atoms with Crippen LogP contribution in [-0.2, 0) is 6.42 Å². The third-order valence-electron chi connectivity index (χ3n) is 2.04. The molecule has 0 aliphatic carbocycles. The van der Waals surface area contributed by atoms with Crippen LogP contribution >= 0.6 is 0 Å². The van der Waals surface area contributed by atoms with E-state index in [0.717, 1.165) is 19.5 Å². The van der Waals surface area contributed by atoms with Crippen LogP contribution in [0.4, 0.5) is 0 Å². The zero-order valence-electron chi connectivity index (χ0n) is 9.05. The molecule has 0 aliphatic heterocycles. The summed E-state index contributed by atoms with van der Waals surface area (Å²) in [7, 11) is 0. The fourth-order valence-corrected chi connectivity index (χ4v) is 1.26. The van der Waals surface area contributed by atoms with Gasteiger partial charge < -0.3 is 9.84 Å². The molecule has 0 atom stereocenters. The largest absolute Gasteiger partial charge is 0.339 e. The van der Waals surface area contributed by atoms with Crippen LogP contribution in [0.25, 0.3) is 11.5 Å². The Morgan fingerprint density at radius 3 is 3.12 bits per heavy atom. The SMILES string of the molecule is CCNCCc1nc(-c2ccncn2)no1. The first-order valence-electron chi connectivity index (χ1n) is 5.20. The molecule has 2 rings (SSSR count). The molecule has 0 spiro atoms. The van der Waals surface area contributed by atoms with E-state index in [4.69, 9.17) is 4.52 Å². The highest BCUT2D eigenvalue weighted by Crippen LogP contribution is 2.10. The molecule has 2 heterocycles. The summed E-state index contributed by atoms with van der Waals surface area (Å²) in [5, 5.41) is 7.05. The Bertz CT molecular complexity index is 428. The van der Waals surface area contributed by atoms with Gasteiger partial charge in [-0.15, -0.1) is 0 Å². The second-order valence-corrected chi connectivity index (χ2v) is 3.21. The number of hydrogen-bond donors (Lipinski definition) is 1. The molecule has 0 amide bonds. The summed E-state index contributed by atoms with van der Waals surface area (Å²) in [4.78, 5) is 12.1. The summed E-state index contributed by atoms with van der Waals surface area (Å²) in [6.45, 7) is 3.83. The molecule has 0 aromatic carbocycles. The van der Waals surface area contributed by atoms with Crippen molar-refractivity contribution in [1.29, 1.82) is 0 Å². The van der Waals surface area contributed by atoms with E-state index in [1.165, 1.54) is 6.33 Å². The van der Waals surface area contributed by atoms with Crippen molar-refractivity contribution in [2.45, 2.75) is 13.3 Å². The van der Waals surface area contributed by atoms with Gasteiger partial charge >= 0.3 is 0 Å². The summed E-state index contributed by atoms with van der Waals surface area (Å²) in [5.74, 6) is 1.13. The van der Waals surface area contributed by atoms with Gasteiger partial charge in [0.15, 0.2) is 0 Å². The molecule has 0 fully saturated rings. The zero-order valence-corrected chi connectivity index (χ0v) is 9.05. The maximum Gasteiger partial charge on any atom is 0.228 e. The lowest BCUT2D eigenvalue weighted by Gasteiger charge is -1.95.